The highest BCUT2D eigenvalue weighted by Gasteiger charge is 2.48. The van der Waals surface area contributed by atoms with Crippen molar-refractivity contribution in [3.05, 3.63) is 167 Å². The molecule has 0 bridgehead atoms. The molecule has 22 heteroatoms. The van der Waals surface area contributed by atoms with Crippen molar-refractivity contribution in [3.8, 4) is 22.5 Å². The molecule has 4 unspecified atom stereocenters. The Morgan fingerprint density at radius 3 is 1.46 bits per heavy atom. The number of hydrogen-bond acceptors (Lipinski definition) is 12. The maximum Gasteiger partial charge on any atom is 0.450 e. The lowest BCUT2D eigenvalue weighted by molar-refractivity contribution is -0.234. The van der Waals surface area contributed by atoms with Gasteiger partial charge >= 0.3 is 17.3 Å². The number of benzene rings is 4. The Bertz CT molecular complexity index is 2860. The van der Waals surface area contributed by atoms with Crippen LogP contribution in [0.3, 0.4) is 0 Å². The predicted octanol–water partition coefficient (Wildman–Crippen LogP) is 14.0. The Hall–Kier alpha value is -4.77. The second-order valence-electron chi connectivity index (χ2n) is 19.9. The molecule has 2 aromatic heterocycles. The summed E-state index contributed by atoms with van der Waals surface area (Å²) in [5.74, 6) is 0.0647. The Labute approximate surface area is 500 Å². The Kier molecular flexibility index (Phi) is 27.6. The fourth-order valence-electron chi connectivity index (χ4n) is 10.2. The third-order valence-electron chi connectivity index (χ3n) is 14.7. The zero-order chi connectivity index (χ0) is 61.2. The summed E-state index contributed by atoms with van der Waals surface area (Å²) in [6.45, 7) is 15.6. The number of halogens is 9. The second-order valence-corrected chi connectivity index (χ2v) is 21.9. The number of aliphatic hydroxyl groups is 4. The van der Waals surface area contributed by atoms with Crippen molar-refractivity contribution in [2.45, 2.75) is 162 Å². The van der Waals surface area contributed by atoms with Crippen molar-refractivity contribution in [2.24, 2.45) is 11.8 Å². The topological polar surface area (TPSA) is 169 Å². The van der Waals surface area contributed by atoms with Crippen LogP contribution in [0.5, 0.6) is 0 Å². The molecule has 2 saturated heterocycles. The van der Waals surface area contributed by atoms with Crippen LogP contribution >= 0.6 is 34.4 Å². The summed E-state index contributed by atoms with van der Waals surface area (Å²) in [5, 5.41) is 40.0. The van der Waals surface area contributed by atoms with Gasteiger partial charge in [-0.3, -0.25) is 9.97 Å². The molecule has 2 aliphatic rings. The van der Waals surface area contributed by atoms with E-state index in [1.54, 1.807) is 25.1 Å². The quantitative estimate of drug-likeness (QED) is 0.0535. The number of aromatic nitrogens is 4. The van der Waals surface area contributed by atoms with Crippen molar-refractivity contribution in [3.63, 3.8) is 0 Å². The molecule has 2 aliphatic heterocycles. The minimum absolute atomic E-state index is 0. The van der Waals surface area contributed by atoms with E-state index in [4.69, 9.17) is 54.7 Å². The van der Waals surface area contributed by atoms with E-state index in [1.807, 2.05) is 75.4 Å². The summed E-state index contributed by atoms with van der Waals surface area (Å²) in [6, 6.07) is 31.4. The van der Waals surface area contributed by atoms with Crippen LogP contribution in [0, 0.1) is 25.7 Å². The van der Waals surface area contributed by atoms with Crippen LogP contribution in [-0.2, 0) is 44.5 Å². The van der Waals surface area contributed by atoms with E-state index in [2.05, 4.69) is 65.0 Å². The number of alkyl halides is 6. The standard InChI is InChI=1S/C37H41F3N2O3.C21H25F3N2O5.C2H6.CH4.BCl3/c1-5-30(31-17-16-29(18-24(31)2)32-19-42-34(20-41-32)37(38,39)40)36-35(44-22-28-14-10-7-11-15-28)26(4)25(3)33(45-36)23-43-21-27-12-8-6-9-13-27;1-3-12(20-19(30)18(29)17(28)15(9-27)31-20)13-5-4-11(6-10(13)2)14-7-26-16(8-25-14)21(22,23)24;1-2;;2-1(3)4/h6-20,25-26,30,33,35-36H,5,21-23H2,1-4H3;4-8,12,15,17-20,27-30H,3,9H2,1-2H3;1-2H3;1H4;/t25-,26-,30+,33?,35?,36+;12-,15?,17-,18+,19?,20-;;;/m01.../s1/i;;1D;;. The number of aliphatic hydroxyl groups excluding tert-OH is 4. The predicted molar refractivity (Wildman–Crippen MR) is 314 cm³/mol. The Morgan fingerprint density at radius 2 is 1.06 bits per heavy atom. The van der Waals surface area contributed by atoms with Crippen LogP contribution in [-0.4, -0.2) is 107 Å². The highest BCUT2D eigenvalue weighted by Crippen LogP contribution is 2.43. The van der Waals surface area contributed by atoms with E-state index in [-0.39, 0.29) is 55.1 Å². The van der Waals surface area contributed by atoms with Gasteiger partial charge in [0.1, 0.15) is 24.4 Å². The first-order valence-corrected chi connectivity index (χ1v) is 28.1. The van der Waals surface area contributed by atoms with Crippen molar-refractivity contribution < 1.29 is 67.1 Å². The van der Waals surface area contributed by atoms with Gasteiger partial charge in [-0.1, -0.05) is 134 Å². The fraction of sp³-hybridized carbons (Fsp3) is 0.475. The van der Waals surface area contributed by atoms with Crippen LogP contribution in [0.2, 0.25) is 0 Å². The van der Waals surface area contributed by atoms with E-state index in [1.165, 1.54) is 6.20 Å². The average Bonchev–Trinajstić information content (AvgIpc) is 2.27. The minimum atomic E-state index is -4.56. The third kappa shape index (κ3) is 19.4. The third-order valence-corrected chi connectivity index (χ3v) is 14.7. The molecule has 2 fully saturated rings. The summed E-state index contributed by atoms with van der Waals surface area (Å²) in [7, 11) is 0. The zero-order valence-corrected chi connectivity index (χ0v) is 48.9. The van der Waals surface area contributed by atoms with Crippen LogP contribution < -0.4 is 0 Å². The van der Waals surface area contributed by atoms with Gasteiger partial charge in [-0.2, -0.15) is 60.7 Å². The normalized spacial score (nSPS) is 23.3. The Morgan fingerprint density at radius 1 is 0.627 bits per heavy atom. The lowest BCUT2D eigenvalue weighted by atomic mass is 9.75. The van der Waals surface area contributed by atoms with E-state index in [0.717, 1.165) is 52.2 Å². The maximum atomic E-state index is 13.0. The summed E-state index contributed by atoms with van der Waals surface area (Å²) in [4.78, 5) is 14.2. The van der Waals surface area contributed by atoms with E-state index >= 15 is 0 Å². The molecule has 0 amide bonds. The average molecular weight is 1230 g/mol. The van der Waals surface area contributed by atoms with Gasteiger partial charge in [-0.15, -0.1) is 0 Å². The number of ether oxygens (including phenoxy) is 4. The molecule has 83 heavy (non-hydrogen) atoms. The molecule has 12 atom stereocenters. The van der Waals surface area contributed by atoms with Gasteiger partial charge in [0.15, 0.2) is 11.4 Å². The van der Waals surface area contributed by atoms with Gasteiger partial charge in [0.25, 0.3) is 0 Å². The molecule has 6 aromatic rings. The van der Waals surface area contributed by atoms with Gasteiger partial charge < -0.3 is 39.4 Å². The van der Waals surface area contributed by atoms with Crippen LogP contribution in [0.4, 0.5) is 26.3 Å². The van der Waals surface area contributed by atoms with Crippen molar-refractivity contribution in [1.82, 2.24) is 19.9 Å². The van der Waals surface area contributed by atoms with Crippen molar-refractivity contribution >= 4 is 39.3 Å². The number of hydrogen-bond donors (Lipinski definition) is 4. The van der Waals surface area contributed by atoms with Crippen molar-refractivity contribution in [2.75, 3.05) is 13.2 Å². The minimum Gasteiger partial charge on any atom is -0.394 e. The lowest BCUT2D eigenvalue weighted by Crippen LogP contribution is -2.59. The van der Waals surface area contributed by atoms with E-state index in [0.29, 0.717) is 56.2 Å². The summed E-state index contributed by atoms with van der Waals surface area (Å²) < 4.78 is 109. The molecule has 4 heterocycles. The van der Waals surface area contributed by atoms with Crippen LogP contribution in [0.25, 0.3) is 22.5 Å². The van der Waals surface area contributed by atoms with Gasteiger partial charge in [0, 0.05) is 24.3 Å². The molecule has 4 N–H and O–H groups in total. The highest BCUT2D eigenvalue weighted by molar-refractivity contribution is 7.54. The first kappa shape index (κ1) is 69.0. The molecule has 454 valence electrons. The van der Waals surface area contributed by atoms with Crippen LogP contribution in [0.1, 0.15) is 120 Å². The molecule has 0 spiro atoms. The molecule has 0 saturated carbocycles. The smallest absolute Gasteiger partial charge is 0.394 e. The monoisotopic (exact) mass is 1220 g/mol. The molecule has 8 rings (SSSR count). The molecule has 12 nitrogen and oxygen atoms in total. The Balaban J connectivity index is 0.000000338. The van der Waals surface area contributed by atoms with E-state index < -0.39 is 65.8 Å². The number of aryl methyl sites for hydroxylation is 2. The second kappa shape index (κ2) is 33.2. The number of nitrogens with zero attached hydrogens (tertiary/aromatic N) is 4. The summed E-state index contributed by atoms with van der Waals surface area (Å²) in [5.41, 5.74) is 5.81. The first-order valence-electron chi connectivity index (χ1n) is 27.5. The largest absolute Gasteiger partial charge is 0.450 e. The molecule has 4 aromatic carbocycles. The zero-order valence-electron chi connectivity index (χ0n) is 47.6. The van der Waals surface area contributed by atoms with E-state index in [9.17, 15) is 46.8 Å². The van der Waals surface area contributed by atoms with Crippen molar-refractivity contribution in [1.29, 1.82) is 0 Å². The fourth-order valence-corrected chi connectivity index (χ4v) is 10.2. The molecule has 0 aliphatic carbocycles. The summed E-state index contributed by atoms with van der Waals surface area (Å²) >= 11 is 14.4. The van der Waals surface area contributed by atoms with Gasteiger partial charge in [0.2, 0.25) is 0 Å². The summed E-state index contributed by atoms with van der Waals surface area (Å²) in [6.07, 6.45) is -10.7. The van der Waals surface area contributed by atoms with Gasteiger partial charge in [0.05, 0.1) is 87.0 Å². The SMILES string of the molecule is C.CC[C@H](c1ccc(-c2cnc(C(F)(F)F)cn2)cc1C)[C@H]1OC(CO)[C@@H](O)[C@H](O)C1O.CC[C@H](c1ccc(-c2cnc(C(F)(F)F)cn2)cc1C)[C@H]1OC(COCc2ccccc2)[C@@H](C)[C@H](C)C1OCc1ccccc1.ClB(Cl)Cl.[2H]CC. The lowest BCUT2D eigenvalue weighted by Gasteiger charge is -2.47. The maximum absolute atomic E-state index is 13.0. The molecular formula is C61H76BCl3F6N4O8. The first-order chi connectivity index (χ1) is 39.4. The van der Waals surface area contributed by atoms with Gasteiger partial charge in [-0.05, 0) is 84.0 Å². The van der Waals surface area contributed by atoms with Gasteiger partial charge in [-0.25, -0.2) is 9.97 Å². The number of rotatable bonds is 16. The van der Waals surface area contributed by atoms with Crippen LogP contribution in [0.15, 0.2) is 122 Å². The molecule has 0 radical (unpaired) electrons. The highest BCUT2D eigenvalue weighted by atomic mass is 35.6. The molecular weight excluding hydrogens is 1150 g/mol.